The van der Waals surface area contributed by atoms with Crippen LogP contribution in [0.2, 0.25) is 0 Å². The molecule has 0 amide bonds. The summed E-state index contributed by atoms with van der Waals surface area (Å²) in [4.78, 5) is 11.8. The van der Waals surface area contributed by atoms with E-state index in [1.807, 2.05) is 18.2 Å². The highest BCUT2D eigenvalue weighted by Gasteiger charge is 2.15. The molecule has 24 heavy (non-hydrogen) atoms. The summed E-state index contributed by atoms with van der Waals surface area (Å²) in [6.45, 7) is 8.85. The molecule has 0 fully saturated rings. The van der Waals surface area contributed by atoms with Crippen molar-refractivity contribution in [1.82, 2.24) is 4.40 Å². The third-order valence-corrected chi connectivity index (χ3v) is 4.50. The van der Waals surface area contributed by atoms with E-state index >= 15 is 0 Å². The van der Waals surface area contributed by atoms with Gasteiger partial charge in [0.25, 0.3) is 0 Å². The van der Waals surface area contributed by atoms with Crippen LogP contribution in [0.1, 0.15) is 41.0 Å². The minimum absolute atomic E-state index is 0.648. The Morgan fingerprint density at radius 1 is 1.04 bits per heavy atom. The van der Waals surface area contributed by atoms with Crippen LogP contribution in [-0.4, -0.2) is 17.3 Å². The number of rotatable bonds is 5. The van der Waals surface area contributed by atoms with Gasteiger partial charge in [0.05, 0.1) is 12.3 Å². The van der Waals surface area contributed by atoms with Crippen molar-refractivity contribution in [2.45, 2.75) is 34.1 Å². The smallest absolute Gasteiger partial charge is 0.167 e. The first-order valence-corrected chi connectivity index (χ1v) is 8.42. The molecule has 0 atom stereocenters. The Bertz CT molecular complexity index is 906. The van der Waals surface area contributed by atoms with E-state index in [4.69, 9.17) is 4.74 Å². The number of fused-ring (bicyclic) bond motifs is 1. The van der Waals surface area contributed by atoms with Crippen molar-refractivity contribution < 1.29 is 9.53 Å². The largest absolute Gasteiger partial charge is 0.494 e. The second-order valence-corrected chi connectivity index (χ2v) is 6.11. The van der Waals surface area contributed by atoms with Crippen LogP contribution in [-0.2, 0) is 6.42 Å². The zero-order chi connectivity index (χ0) is 17.3. The Balaban J connectivity index is 2.22. The maximum Gasteiger partial charge on any atom is 0.167 e. The van der Waals surface area contributed by atoms with Crippen LogP contribution in [0.4, 0.5) is 0 Å². The number of hydrogen-bond donors (Lipinski definition) is 0. The molecular weight excluding hydrogens is 298 g/mol. The number of aldehydes is 1. The van der Waals surface area contributed by atoms with E-state index in [2.05, 4.69) is 50.4 Å². The molecule has 0 saturated carbocycles. The van der Waals surface area contributed by atoms with Crippen molar-refractivity contribution in [3.8, 4) is 16.9 Å². The lowest BCUT2D eigenvalue weighted by molar-refractivity contribution is 0.111. The molecule has 124 valence electrons. The molecule has 1 aromatic carbocycles. The van der Waals surface area contributed by atoms with Crippen molar-refractivity contribution in [1.29, 1.82) is 0 Å². The highest BCUT2D eigenvalue weighted by molar-refractivity contribution is 5.91. The third kappa shape index (κ3) is 2.71. The molecule has 3 heteroatoms. The first-order valence-electron chi connectivity index (χ1n) is 8.42. The molecule has 0 spiro atoms. The zero-order valence-corrected chi connectivity index (χ0v) is 14.7. The van der Waals surface area contributed by atoms with Crippen molar-refractivity contribution in [3.05, 3.63) is 58.9 Å². The van der Waals surface area contributed by atoms with Gasteiger partial charge in [-0.25, -0.2) is 0 Å². The summed E-state index contributed by atoms with van der Waals surface area (Å²) >= 11 is 0. The predicted molar refractivity (Wildman–Crippen MR) is 98.2 cm³/mol. The molecule has 0 aliphatic heterocycles. The fourth-order valence-electron chi connectivity index (χ4n) is 3.17. The molecule has 3 rings (SSSR count). The van der Waals surface area contributed by atoms with Gasteiger partial charge in [-0.05, 0) is 73.7 Å². The molecule has 0 unspecified atom stereocenters. The number of aromatic nitrogens is 1. The van der Waals surface area contributed by atoms with Gasteiger partial charge in [-0.3, -0.25) is 4.79 Å². The average molecular weight is 321 g/mol. The van der Waals surface area contributed by atoms with Crippen LogP contribution >= 0.6 is 0 Å². The van der Waals surface area contributed by atoms with Crippen molar-refractivity contribution in [2.24, 2.45) is 0 Å². The van der Waals surface area contributed by atoms with E-state index in [1.165, 1.54) is 5.56 Å². The van der Waals surface area contributed by atoms with E-state index < -0.39 is 0 Å². The van der Waals surface area contributed by atoms with Gasteiger partial charge in [-0.2, -0.15) is 0 Å². The Morgan fingerprint density at radius 2 is 1.83 bits per heavy atom. The summed E-state index contributed by atoms with van der Waals surface area (Å²) in [5.74, 6) is 0.906. The highest BCUT2D eigenvalue weighted by Crippen LogP contribution is 2.34. The summed E-state index contributed by atoms with van der Waals surface area (Å²) in [6.07, 6.45) is 3.95. The maximum absolute atomic E-state index is 11.8. The number of carbonyl (C=O) groups excluding carboxylic acids is 1. The van der Waals surface area contributed by atoms with Gasteiger partial charge in [0.15, 0.2) is 6.29 Å². The van der Waals surface area contributed by atoms with E-state index in [-0.39, 0.29) is 0 Å². The van der Waals surface area contributed by atoms with E-state index in [0.717, 1.165) is 46.2 Å². The summed E-state index contributed by atoms with van der Waals surface area (Å²) in [5.41, 5.74) is 7.20. The van der Waals surface area contributed by atoms with Gasteiger partial charge in [-0.15, -0.1) is 0 Å². The molecule has 3 aromatic rings. The maximum atomic E-state index is 11.8. The van der Waals surface area contributed by atoms with Crippen LogP contribution < -0.4 is 4.74 Å². The summed E-state index contributed by atoms with van der Waals surface area (Å²) in [7, 11) is 0. The van der Waals surface area contributed by atoms with Crippen LogP contribution in [0.15, 0.2) is 36.5 Å². The third-order valence-electron chi connectivity index (χ3n) is 4.50. The van der Waals surface area contributed by atoms with Gasteiger partial charge < -0.3 is 9.14 Å². The second kappa shape index (κ2) is 6.52. The molecule has 0 aliphatic carbocycles. The lowest BCUT2D eigenvalue weighted by Crippen LogP contribution is -1.98. The Kier molecular flexibility index (Phi) is 4.43. The molecule has 2 heterocycles. The number of benzene rings is 1. The Hall–Kier alpha value is -2.55. The van der Waals surface area contributed by atoms with E-state index in [9.17, 15) is 4.79 Å². The van der Waals surface area contributed by atoms with Crippen LogP contribution in [0.3, 0.4) is 0 Å². The standard InChI is InChI=1S/C21H23NO2/c1-5-16-7-8-17-11-19(20(13-23)22(17)12-16)18-9-15(4)21(24-6-2)10-14(18)3/h7-13H,5-6H2,1-4H3. The Morgan fingerprint density at radius 3 is 2.50 bits per heavy atom. The molecule has 0 N–H and O–H groups in total. The molecule has 0 bridgehead atoms. The normalized spacial score (nSPS) is 11.0. The monoisotopic (exact) mass is 321 g/mol. The Labute approximate surface area is 142 Å². The summed E-state index contributed by atoms with van der Waals surface area (Å²) < 4.78 is 7.67. The molecular formula is C21H23NO2. The number of pyridine rings is 1. The topological polar surface area (TPSA) is 30.7 Å². The van der Waals surface area contributed by atoms with Gasteiger partial charge in [0.1, 0.15) is 5.75 Å². The van der Waals surface area contributed by atoms with E-state index in [0.29, 0.717) is 12.3 Å². The number of carbonyl (C=O) groups is 1. The number of hydrogen-bond acceptors (Lipinski definition) is 2. The molecule has 0 saturated heterocycles. The number of nitrogens with zero attached hydrogens (tertiary/aromatic N) is 1. The predicted octanol–water partition coefficient (Wildman–Crippen LogP) is 5.00. The molecule has 3 nitrogen and oxygen atoms in total. The average Bonchev–Trinajstić information content (AvgIpc) is 2.95. The minimum Gasteiger partial charge on any atom is -0.494 e. The fraction of sp³-hybridized carbons (Fsp3) is 0.286. The van der Waals surface area contributed by atoms with Crippen molar-refractivity contribution >= 4 is 11.8 Å². The van der Waals surface area contributed by atoms with Crippen LogP contribution in [0.25, 0.3) is 16.6 Å². The fourth-order valence-corrected chi connectivity index (χ4v) is 3.17. The van der Waals surface area contributed by atoms with Crippen LogP contribution in [0, 0.1) is 13.8 Å². The van der Waals surface area contributed by atoms with Crippen molar-refractivity contribution in [2.75, 3.05) is 6.61 Å². The lowest BCUT2D eigenvalue weighted by Gasteiger charge is -2.12. The molecule has 2 aromatic heterocycles. The highest BCUT2D eigenvalue weighted by atomic mass is 16.5. The quantitative estimate of drug-likeness (QED) is 0.619. The lowest BCUT2D eigenvalue weighted by atomic mass is 9.98. The van der Waals surface area contributed by atoms with Crippen molar-refractivity contribution in [3.63, 3.8) is 0 Å². The minimum atomic E-state index is 0.648. The number of aryl methyl sites for hydroxylation is 3. The second-order valence-electron chi connectivity index (χ2n) is 6.11. The first-order chi connectivity index (χ1) is 11.6. The molecule has 0 aliphatic rings. The summed E-state index contributed by atoms with van der Waals surface area (Å²) in [5, 5.41) is 0. The van der Waals surface area contributed by atoms with Gasteiger partial charge >= 0.3 is 0 Å². The zero-order valence-electron chi connectivity index (χ0n) is 14.7. The number of ether oxygens (including phenoxy) is 1. The van der Waals surface area contributed by atoms with E-state index in [1.54, 1.807) is 0 Å². The SMILES string of the molecule is CCOc1cc(C)c(-c2cc3ccc(CC)cn3c2C=O)cc1C. The van der Waals surface area contributed by atoms with Gasteiger partial charge in [0, 0.05) is 17.3 Å². The van der Waals surface area contributed by atoms with Gasteiger partial charge in [-0.1, -0.05) is 13.0 Å². The summed E-state index contributed by atoms with van der Waals surface area (Å²) in [6, 6.07) is 10.5. The van der Waals surface area contributed by atoms with Gasteiger partial charge in [0.2, 0.25) is 0 Å². The molecule has 0 radical (unpaired) electrons. The first kappa shape index (κ1) is 16.3. The van der Waals surface area contributed by atoms with Crippen LogP contribution in [0.5, 0.6) is 5.75 Å².